The summed E-state index contributed by atoms with van der Waals surface area (Å²) in [6.45, 7) is 3.07. The van der Waals surface area contributed by atoms with E-state index in [0.29, 0.717) is 0 Å². The summed E-state index contributed by atoms with van der Waals surface area (Å²) < 4.78 is 1.58. The van der Waals surface area contributed by atoms with E-state index in [1.165, 1.54) is 25.9 Å². The zero-order valence-corrected chi connectivity index (χ0v) is 7.26. The molecule has 3 aliphatic heterocycles. The Balaban J connectivity index is 1.92. The minimum absolute atomic E-state index is 1.11. The third-order valence-electron chi connectivity index (χ3n) is 4.51. The van der Waals surface area contributed by atoms with E-state index in [0.717, 1.165) is 12.1 Å². The average molecular weight is 152 g/mol. The van der Waals surface area contributed by atoms with Crippen molar-refractivity contribution in [2.24, 2.45) is 0 Å². The van der Waals surface area contributed by atoms with Gasteiger partial charge in [-0.05, 0) is 19.3 Å². The van der Waals surface area contributed by atoms with Crippen molar-refractivity contribution in [1.82, 2.24) is 0 Å². The van der Waals surface area contributed by atoms with Crippen LogP contribution >= 0.6 is 0 Å². The van der Waals surface area contributed by atoms with Crippen molar-refractivity contribution in [3.05, 3.63) is 0 Å². The van der Waals surface area contributed by atoms with Gasteiger partial charge in [0.1, 0.15) is 0 Å². The molecule has 0 saturated carbocycles. The van der Waals surface area contributed by atoms with E-state index in [1.54, 1.807) is 30.2 Å². The molecule has 2 unspecified atom stereocenters. The maximum absolute atomic E-state index is 1.58. The van der Waals surface area contributed by atoms with E-state index in [2.05, 4.69) is 0 Å². The van der Waals surface area contributed by atoms with Crippen LogP contribution in [0.25, 0.3) is 0 Å². The van der Waals surface area contributed by atoms with Crippen LogP contribution in [0.3, 0.4) is 0 Å². The number of rotatable bonds is 0. The lowest BCUT2D eigenvalue weighted by atomic mass is 9.93. The van der Waals surface area contributed by atoms with Crippen LogP contribution in [-0.2, 0) is 0 Å². The highest BCUT2D eigenvalue weighted by atomic mass is 15.5. The number of piperidine rings is 1. The average Bonchev–Trinajstić information content (AvgIpc) is 2.12. The molecule has 1 heteroatoms. The van der Waals surface area contributed by atoms with Crippen LogP contribution in [0.15, 0.2) is 0 Å². The smallest absolute Gasteiger partial charge is 0.0894 e. The van der Waals surface area contributed by atoms with E-state index in [4.69, 9.17) is 0 Å². The van der Waals surface area contributed by atoms with Crippen molar-refractivity contribution in [3.63, 3.8) is 0 Å². The summed E-state index contributed by atoms with van der Waals surface area (Å²) in [4.78, 5) is 0. The number of hydrogen-bond acceptors (Lipinski definition) is 0. The second-order valence-electron chi connectivity index (χ2n) is 4.72. The summed E-state index contributed by atoms with van der Waals surface area (Å²) in [6.07, 6.45) is 9.28. The first-order valence-corrected chi connectivity index (χ1v) is 5.28. The van der Waals surface area contributed by atoms with E-state index >= 15 is 0 Å². The van der Waals surface area contributed by atoms with Gasteiger partial charge in [0.05, 0.1) is 25.2 Å². The Bertz CT molecular complexity index is 154. The van der Waals surface area contributed by atoms with Gasteiger partial charge in [-0.25, -0.2) is 0 Å². The Labute approximate surface area is 69.0 Å². The van der Waals surface area contributed by atoms with Crippen molar-refractivity contribution in [2.75, 3.05) is 13.1 Å². The monoisotopic (exact) mass is 152 g/mol. The topological polar surface area (TPSA) is 0 Å². The van der Waals surface area contributed by atoms with Gasteiger partial charge in [0.15, 0.2) is 0 Å². The summed E-state index contributed by atoms with van der Waals surface area (Å²) in [5, 5.41) is 0. The zero-order chi connectivity index (χ0) is 7.31. The van der Waals surface area contributed by atoms with Gasteiger partial charge in [-0.2, -0.15) is 0 Å². The lowest BCUT2D eigenvalue weighted by molar-refractivity contribution is -0.999. The molecule has 3 saturated heterocycles. The molecule has 1 nitrogen and oxygen atoms in total. The molecule has 1 spiro atoms. The summed E-state index contributed by atoms with van der Waals surface area (Å²) in [7, 11) is 0. The van der Waals surface area contributed by atoms with Gasteiger partial charge in [0.25, 0.3) is 0 Å². The van der Waals surface area contributed by atoms with Crippen LogP contribution in [0.2, 0.25) is 0 Å². The molecule has 0 N–H and O–H groups in total. The van der Waals surface area contributed by atoms with Gasteiger partial charge in [-0.15, -0.1) is 0 Å². The number of quaternary nitrogens is 1. The van der Waals surface area contributed by atoms with Crippen LogP contribution in [0, 0.1) is 0 Å². The van der Waals surface area contributed by atoms with Gasteiger partial charge in [-0.1, -0.05) is 0 Å². The van der Waals surface area contributed by atoms with Crippen LogP contribution in [0.5, 0.6) is 0 Å². The second-order valence-corrected chi connectivity index (χ2v) is 4.72. The highest BCUT2D eigenvalue weighted by molar-refractivity contribution is 4.84. The fraction of sp³-hybridized carbons (Fsp3) is 1.00. The molecular weight excluding hydrogens is 134 g/mol. The van der Waals surface area contributed by atoms with Crippen molar-refractivity contribution in [3.8, 4) is 0 Å². The molecule has 0 aliphatic carbocycles. The van der Waals surface area contributed by atoms with Crippen molar-refractivity contribution < 1.29 is 4.48 Å². The Kier molecular flexibility index (Phi) is 1.18. The van der Waals surface area contributed by atoms with Crippen LogP contribution in [0.1, 0.15) is 38.5 Å². The summed E-state index contributed by atoms with van der Waals surface area (Å²) in [6, 6.07) is 2.23. The van der Waals surface area contributed by atoms with E-state index in [-0.39, 0.29) is 0 Å². The molecule has 3 fully saturated rings. The van der Waals surface area contributed by atoms with Gasteiger partial charge in [0, 0.05) is 19.3 Å². The maximum Gasteiger partial charge on any atom is 0.0894 e. The molecule has 0 aromatic carbocycles. The zero-order valence-electron chi connectivity index (χ0n) is 7.26. The SMILES string of the molecule is C1CC2CCC(C1)[N+]21CCC1. The molecule has 11 heavy (non-hydrogen) atoms. The van der Waals surface area contributed by atoms with Crippen molar-refractivity contribution in [2.45, 2.75) is 50.6 Å². The molecular formula is C10H18N+. The highest BCUT2D eigenvalue weighted by Gasteiger charge is 2.54. The fourth-order valence-corrected chi connectivity index (χ4v) is 3.84. The van der Waals surface area contributed by atoms with E-state index in [9.17, 15) is 0 Å². The van der Waals surface area contributed by atoms with Crippen LogP contribution < -0.4 is 0 Å². The third-order valence-corrected chi connectivity index (χ3v) is 4.51. The molecule has 3 aliphatic rings. The van der Waals surface area contributed by atoms with E-state index < -0.39 is 0 Å². The molecule has 2 bridgehead atoms. The predicted octanol–water partition coefficient (Wildman–Crippen LogP) is 1.92. The van der Waals surface area contributed by atoms with Gasteiger partial charge in [0.2, 0.25) is 0 Å². The van der Waals surface area contributed by atoms with Gasteiger partial charge in [-0.3, -0.25) is 0 Å². The van der Waals surface area contributed by atoms with E-state index in [1.807, 2.05) is 0 Å². The molecule has 0 radical (unpaired) electrons. The largest absolute Gasteiger partial charge is 0.318 e. The fourth-order valence-electron chi connectivity index (χ4n) is 3.84. The lowest BCUT2D eigenvalue weighted by Crippen LogP contribution is -2.66. The Morgan fingerprint density at radius 2 is 1.36 bits per heavy atom. The third kappa shape index (κ3) is 0.658. The molecule has 0 amide bonds. The van der Waals surface area contributed by atoms with Crippen LogP contribution in [0.4, 0.5) is 0 Å². The molecule has 3 rings (SSSR count). The normalized spacial score (nSPS) is 45.8. The number of hydrogen-bond donors (Lipinski definition) is 0. The van der Waals surface area contributed by atoms with Gasteiger partial charge < -0.3 is 4.48 Å². The van der Waals surface area contributed by atoms with Crippen LogP contribution in [-0.4, -0.2) is 29.7 Å². The first-order valence-electron chi connectivity index (χ1n) is 5.28. The first kappa shape index (κ1) is 6.47. The van der Waals surface area contributed by atoms with Crippen molar-refractivity contribution >= 4 is 0 Å². The molecule has 0 aromatic rings. The Morgan fingerprint density at radius 3 is 1.73 bits per heavy atom. The summed E-state index contributed by atoms with van der Waals surface area (Å²) in [5.74, 6) is 0. The molecule has 2 atom stereocenters. The molecule has 0 aromatic heterocycles. The number of nitrogens with zero attached hydrogens (tertiary/aromatic N) is 1. The quantitative estimate of drug-likeness (QED) is 0.465. The minimum atomic E-state index is 1.11. The minimum Gasteiger partial charge on any atom is -0.318 e. The predicted molar refractivity (Wildman–Crippen MR) is 45.3 cm³/mol. The highest BCUT2D eigenvalue weighted by Crippen LogP contribution is 2.46. The Morgan fingerprint density at radius 1 is 0.727 bits per heavy atom. The maximum atomic E-state index is 1.58. The van der Waals surface area contributed by atoms with Crippen molar-refractivity contribution in [1.29, 1.82) is 0 Å². The Hall–Kier alpha value is -0.0400. The standard InChI is InChI=1S/C10H18N/c1-3-9-5-6-10(4-1)11(9)7-2-8-11/h9-10H,1-8H2/q+1. The summed E-state index contributed by atoms with van der Waals surface area (Å²) in [5.41, 5.74) is 0. The summed E-state index contributed by atoms with van der Waals surface area (Å²) >= 11 is 0. The first-order chi connectivity index (χ1) is 5.42. The lowest BCUT2D eigenvalue weighted by Gasteiger charge is -2.53. The van der Waals surface area contributed by atoms with Gasteiger partial charge >= 0.3 is 0 Å². The molecule has 3 heterocycles. The second kappa shape index (κ2) is 2.01. The molecule has 62 valence electrons.